The number of aliphatic carboxylic acids is 1. The van der Waals surface area contributed by atoms with Crippen LogP contribution >= 0.6 is 0 Å². The van der Waals surface area contributed by atoms with Crippen LogP contribution in [-0.4, -0.2) is 51.6 Å². The SMILES string of the molecule is CC(CO)(CNc1c([N+](=O)[O-])cnc2c1ccn2S(=O)(=O)c1ccccc1)C(=O)O. The van der Waals surface area contributed by atoms with E-state index >= 15 is 0 Å². The van der Waals surface area contributed by atoms with Gasteiger partial charge in [-0.15, -0.1) is 0 Å². The summed E-state index contributed by atoms with van der Waals surface area (Å²) in [5, 5.41) is 33.0. The van der Waals surface area contributed by atoms with Crippen LogP contribution < -0.4 is 5.32 Å². The van der Waals surface area contributed by atoms with Crippen LogP contribution in [0.5, 0.6) is 0 Å². The van der Waals surface area contributed by atoms with Crippen LogP contribution in [0.1, 0.15) is 6.92 Å². The molecule has 12 heteroatoms. The highest BCUT2D eigenvalue weighted by molar-refractivity contribution is 7.90. The number of carbonyl (C=O) groups is 1. The molecule has 3 aromatic rings. The van der Waals surface area contributed by atoms with Crippen molar-refractivity contribution in [2.45, 2.75) is 11.8 Å². The van der Waals surface area contributed by atoms with Gasteiger partial charge in [-0.2, -0.15) is 0 Å². The number of nitro groups is 1. The minimum absolute atomic E-state index is 0.0101. The Labute approximate surface area is 170 Å². The third kappa shape index (κ3) is 3.57. The predicted molar refractivity (Wildman–Crippen MR) is 107 cm³/mol. The normalized spacial score (nSPS) is 13.7. The van der Waals surface area contributed by atoms with Crippen LogP contribution in [0, 0.1) is 15.5 Å². The summed E-state index contributed by atoms with van der Waals surface area (Å²) >= 11 is 0. The number of nitrogens with zero attached hydrogens (tertiary/aromatic N) is 3. The lowest BCUT2D eigenvalue weighted by Crippen LogP contribution is -2.38. The van der Waals surface area contributed by atoms with Crippen molar-refractivity contribution in [2.75, 3.05) is 18.5 Å². The summed E-state index contributed by atoms with van der Waals surface area (Å²) in [7, 11) is -4.01. The van der Waals surface area contributed by atoms with Crippen molar-refractivity contribution >= 4 is 38.4 Å². The molecule has 0 amide bonds. The van der Waals surface area contributed by atoms with Crippen molar-refractivity contribution in [3.63, 3.8) is 0 Å². The van der Waals surface area contributed by atoms with E-state index in [-0.39, 0.29) is 28.2 Å². The first kappa shape index (κ1) is 21.2. The fourth-order valence-corrected chi connectivity index (χ4v) is 4.08. The first-order chi connectivity index (χ1) is 14.1. The van der Waals surface area contributed by atoms with Gasteiger partial charge in [0.2, 0.25) is 0 Å². The number of pyridine rings is 1. The van der Waals surface area contributed by atoms with Gasteiger partial charge in [-0.25, -0.2) is 17.4 Å². The molecule has 0 aliphatic rings. The molecule has 0 saturated carbocycles. The second-order valence-corrected chi connectivity index (χ2v) is 8.63. The fraction of sp³-hybridized carbons (Fsp3) is 0.222. The number of hydrogen-bond donors (Lipinski definition) is 3. The van der Waals surface area contributed by atoms with Gasteiger partial charge in [0.1, 0.15) is 17.3 Å². The maximum atomic E-state index is 12.9. The number of nitrogens with one attached hydrogen (secondary N) is 1. The molecule has 2 aromatic heterocycles. The molecule has 1 atom stereocenters. The number of carboxylic acid groups (broad SMARTS) is 1. The Morgan fingerprint density at radius 1 is 1.30 bits per heavy atom. The van der Waals surface area contributed by atoms with Gasteiger partial charge in [-0.1, -0.05) is 18.2 Å². The molecule has 1 unspecified atom stereocenters. The van der Waals surface area contributed by atoms with Crippen LogP contribution in [0.2, 0.25) is 0 Å². The molecule has 0 bridgehead atoms. The number of carboxylic acids is 1. The van der Waals surface area contributed by atoms with E-state index in [1.807, 2.05) is 0 Å². The highest BCUT2D eigenvalue weighted by Crippen LogP contribution is 2.34. The molecule has 1 aromatic carbocycles. The number of aliphatic hydroxyl groups excluding tert-OH is 1. The summed E-state index contributed by atoms with van der Waals surface area (Å²) < 4.78 is 26.8. The monoisotopic (exact) mass is 434 g/mol. The topological polar surface area (TPSA) is 165 Å². The molecular weight excluding hydrogens is 416 g/mol. The van der Waals surface area contributed by atoms with Gasteiger partial charge in [0.15, 0.2) is 5.65 Å². The highest BCUT2D eigenvalue weighted by atomic mass is 32.2. The zero-order chi connectivity index (χ0) is 22.1. The Hall–Kier alpha value is -3.51. The minimum Gasteiger partial charge on any atom is -0.481 e. The summed E-state index contributed by atoms with van der Waals surface area (Å²) in [4.78, 5) is 26.1. The number of rotatable bonds is 8. The highest BCUT2D eigenvalue weighted by Gasteiger charge is 2.34. The lowest BCUT2D eigenvalue weighted by Gasteiger charge is -2.23. The van der Waals surface area contributed by atoms with E-state index in [0.29, 0.717) is 0 Å². The largest absolute Gasteiger partial charge is 0.481 e. The van der Waals surface area contributed by atoms with Crippen LogP contribution in [-0.2, 0) is 14.8 Å². The maximum absolute atomic E-state index is 12.9. The quantitative estimate of drug-likeness (QED) is 0.353. The number of benzene rings is 1. The summed E-state index contributed by atoms with van der Waals surface area (Å²) in [6.07, 6.45) is 2.12. The second kappa shape index (κ2) is 7.72. The molecule has 158 valence electrons. The molecule has 2 heterocycles. The van der Waals surface area contributed by atoms with Gasteiger partial charge < -0.3 is 15.5 Å². The zero-order valence-electron chi connectivity index (χ0n) is 15.7. The molecule has 0 fully saturated rings. The van der Waals surface area contributed by atoms with Crippen molar-refractivity contribution in [1.29, 1.82) is 0 Å². The van der Waals surface area contributed by atoms with E-state index in [1.54, 1.807) is 18.2 Å². The van der Waals surface area contributed by atoms with Crippen molar-refractivity contribution in [3.8, 4) is 0 Å². The maximum Gasteiger partial charge on any atom is 0.313 e. The second-order valence-electron chi connectivity index (χ2n) is 6.82. The molecule has 3 N–H and O–H groups in total. The molecule has 0 aliphatic carbocycles. The van der Waals surface area contributed by atoms with Crippen molar-refractivity contribution in [2.24, 2.45) is 5.41 Å². The molecule has 11 nitrogen and oxygen atoms in total. The van der Waals surface area contributed by atoms with Crippen LogP contribution in [0.15, 0.2) is 53.7 Å². The van der Waals surface area contributed by atoms with Gasteiger partial charge in [0.05, 0.1) is 21.8 Å². The van der Waals surface area contributed by atoms with Crippen LogP contribution in [0.25, 0.3) is 11.0 Å². The summed E-state index contributed by atoms with van der Waals surface area (Å²) in [6, 6.07) is 8.94. The Morgan fingerprint density at radius 2 is 1.97 bits per heavy atom. The number of hydrogen-bond acceptors (Lipinski definition) is 8. The third-order valence-corrected chi connectivity index (χ3v) is 6.36. The average Bonchev–Trinajstić information content (AvgIpc) is 3.17. The Bertz CT molecular complexity index is 1220. The van der Waals surface area contributed by atoms with E-state index in [1.165, 1.54) is 31.3 Å². The number of aliphatic hydroxyl groups is 1. The summed E-state index contributed by atoms with van der Waals surface area (Å²) in [5.41, 5.74) is -2.22. The van der Waals surface area contributed by atoms with Gasteiger partial charge in [0, 0.05) is 12.7 Å². The van der Waals surface area contributed by atoms with Crippen molar-refractivity contribution in [1.82, 2.24) is 8.96 Å². The van der Waals surface area contributed by atoms with Crippen LogP contribution in [0.4, 0.5) is 11.4 Å². The third-order valence-electron chi connectivity index (χ3n) is 4.68. The minimum atomic E-state index is -4.01. The molecule has 0 saturated heterocycles. The fourth-order valence-electron chi connectivity index (χ4n) is 2.76. The van der Waals surface area contributed by atoms with Gasteiger partial charge in [-0.3, -0.25) is 14.9 Å². The lowest BCUT2D eigenvalue weighted by atomic mass is 9.92. The zero-order valence-corrected chi connectivity index (χ0v) is 16.5. The molecule has 0 spiro atoms. The van der Waals surface area contributed by atoms with Crippen LogP contribution in [0.3, 0.4) is 0 Å². The number of fused-ring (bicyclic) bond motifs is 1. The number of aromatic nitrogens is 2. The first-order valence-electron chi connectivity index (χ1n) is 8.65. The average molecular weight is 434 g/mol. The Morgan fingerprint density at radius 3 is 2.53 bits per heavy atom. The lowest BCUT2D eigenvalue weighted by molar-refractivity contribution is -0.384. The molecular formula is C18H18N4O7S. The van der Waals surface area contributed by atoms with Gasteiger partial charge in [-0.05, 0) is 25.1 Å². The standard InChI is InChI=1S/C18H18N4O7S/c1-18(11-23,17(24)25)10-20-15-13-7-8-21(16(13)19-9-14(15)22(26)27)30(28,29)12-5-3-2-4-6-12/h2-9,23H,10-11H2,1H3,(H,19,20)(H,24,25). The smallest absolute Gasteiger partial charge is 0.313 e. The summed E-state index contributed by atoms with van der Waals surface area (Å²) in [6.45, 7) is 0.230. The number of anilines is 1. The molecule has 0 aliphatic heterocycles. The Balaban J connectivity index is 2.14. The van der Waals surface area contributed by atoms with E-state index in [4.69, 9.17) is 0 Å². The van der Waals surface area contributed by atoms with Gasteiger partial charge >= 0.3 is 11.7 Å². The van der Waals surface area contributed by atoms with E-state index in [2.05, 4.69) is 10.3 Å². The molecule has 0 radical (unpaired) electrons. The van der Waals surface area contributed by atoms with E-state index < -0.39 is 38.6 Å². The van der Waals surface area contributed by atoms with E-state index in [0.717, 1.165) is 10.2 Å². The molecule has 3 rings (SSSR count). The summed E-state index contributed by atoms with van der Waals surface area (Å²) in [5.74, 6) is -1.30. The predicted octanol–water partition coefficient (Wildman–Crippen LogP) is 1.68. The van der Waals surface area contributed by atoms with E-state index in [9.17, 15) is 33.5 Å². The Kier molecular flexibility index (Phi) is 5.46. The first-order valence-corrected chi connectivity index (χ1v) is 10.1. The van der Waals surface area contributed by atoms with Gasteiger partial charge in [0.25, 0.3) is 10.0 Å². The van der Waals surface area contributed by atoms with Crippen molar-refractivity contribution < 1.29 is 28.3 Å². The molecule has 30 heavy (non-hydrogen) atoms. The van der Waals surface area contributed by atoms with Crippen molar-refractivity contribution in [3.05, 3.63) is 58.9 Å².